The molecular formula is C16H22N2OS. The van der Waals surface area contributed by atoms with Gasteiger partial charge in [-0.2, -0.15) is 0 Å². The zero-order valence-corrected chi connectivity index (χ0v) is 13.1. The molecule has 4 heteroatoms. The molecule has 2 aromatic rings. The number of phenols is 1. The fourth-order valence-electron chi connectivity index (χ4n) is 2.20. The van der Waals surface area contributed by atoms with E-state index in [4.69, 9.17) is 0 Å². The summed E-state index contributed by atoms with van der Waals surface area (Å²) in [6, 6.07) is 8.18. The van der Waals surface area contributed by atoms with Gasteiger partial charge in [0.2, 0.25) is 0 Å². The number of aromatic hydroxyl groups is 1. The van der Waals surface area contributed by atoms with Gasteiger partial charge in [-0.15, -0.1) is 11.3 Å². The Morgan fingerprint density at radius 1 is 1.25 bits per heavy atom. The highest BCUT2D eigenvalue weighted by Gasteiger charge is 2.12. The molecule has 1 heterocycles. The molecule has 1 aromatic carbocycles. The molecule has 0 aliphatic rings. The van der Waals surface area contributed by atoms with Crippen LogP contribution in [0.3, 0.4) is 0 Å². The fraction of sp³-hybridized carbons (Fsp3) is 0.438. The molecule has 0 saturated heterocycles. The molecule has 3 nitrogen and oxygen atoms in total. The van der Waals surface area contributed by atoms with Crippen LogP contribution >= 0.6 is 11.3 Å². The Labute approximate surface area is 124 Å². The summed E-state index contributed by atoms with van der Waals surface area (Å²) < 4.78 is 0. The highest BCUT2D eigenvalue weighted by molar-refractivity contribution is 7.09. The van der Waals surface area contributed by atoms with Crippen LogP contribution in [0.25, 0.3) is 0 Å². The average Bonchev–Trinajstić information content (AvgIpc) is 2.85. The minimum Gasteiger partial charge on any atom is -0.508 e. The zero-order chi connectivity index (χ0) is 14.5. The number of rotatable bonds is 6. The summed E-state index contributed by atoms with van der Waals surface area (Å²) in [5.74, 6) is 0.327. The number of hydrogen-bond donors (Lipinski definition) is 2. The predicted molar refractivity (Wildman–Crippen MR) is 84.3 cm³/mol. The van der Waals surface area contributed by atoms with Crippen LogP contribution in [0.5, 0.6) is 5.75 Å². The van der Waals surface area contributed by atoms with Crippen molar-refractivity contribution in [2.45, 2.75) is 45.7 Å². The van der Waals surface area contributed by atoms with E-state index in [-0.39, 0.29) is 0 Å². The maximum absolute atomic E-state index is 9.26. The van der Waals surface area contributed by atoms with Crippen molar-refractivity contribution < 1.29 is 5.11 Å². The van der Waals surface area contributed by atoms with Crippen molar-refractivity contribution in [1.29, 1.82) is 0 Å². The van der Waals surface area contributed by atoms with Crippen molar-refractivity contribution in [3.63, 3.8) is 0 Å². The molecule has 0 spiro atoms. The first-order valence-corrected chi connectivity index (χ1v) is 7.88. The molecule has 0 aliphatic heterocycles. The molecule has 2 N–H and O–H groups in total. The standard InChI is InChI=1S/C16H22N2OS/c1-11(4-5-14-6-8-15(19)9-7-14)17-13(3)16-18-12(2)10-20-16/h6-11,13,17,19H,4-5H2,1-3H3. The SMILES string of the molecule is Cc1csc(C(C)NC(C)CCc2ccc(O)cc2)n1. The third-order valence-corrected chi connectivity index (χ3v) is 4.49. The fourth-order valence-corrected chi connectivity index (χ4v) is 3.01. The van der Waals surface area contributed by atoms with Crippen molar-refractivity contribution in [3.05, 3.63) is 45.9 Å². The van der Waals surface area contributed by atoms with Crippen molar-refractivity contribution >= 4 is 11.3 Å². The maximum Gasteiger partial charge on any atom is 0.115 e. The van der Waals surface area contributed by atoms with Crippen molar-refractivity contribution in [2.75, 3.05) is 0 Å². The van der Waals surface area contributed by atoms with E-state index in [1.54, 1.807) is 23.5 Å². The average molecular weight is 290 g/mol. The molecule has 0 saturated carbocycles. The predicted octanol–water partition coefficient (Wildman–Crippen LogP) is 3.83. The van der Waals surface area contributed by atoms with Gasteiger partial charge in [-0.05, 0) is 51.3 Å². The van der Waals surface area contributed by atoms with Crippen molar-refractivity contribution in [3.8, 4) is 5.75 Å². The first-order valence-electron chi connectivity index (χ1n) is 7.00. The molecule has 0 amide bonds. The van der Waals surface area contributed by atoms with E-state index in [0.717, 1.165) is 23.5 Å². The Morgan fingerprint density at radius 3 is 2.55 bits per heavy atom. The van der Waals surface area contributed by atoms with E-state index in [9.17, 15) is 5.11 Å². The maximum atomic E-state index is 9.26. The van der Waals surface area contributed by atoms with Gasteiger partial charge >= 0.3 is 0 Å². The van der Waals surface area contributed by atoms with Crippen LogP contribution in [-0.2, 0) is 6.42 Å². The normalized spacial score (nSPS) is 14.2. The minimum absolute atomic E-state index is 0.295. The molecule has 0 radical (unpaired) electrons. The Hall–Kier alpha value is -1.39. The first-order chi connectivity index (χ1) is 9.54. The van der Waals surface area contributed by atoms with Crippen LogP contribution < -0.4 is 5.32 Å². The van der Waals surface area contributed by atoms with Gasteiger partial charge in [0, 0.05) is 17.1 Å². The second-order valence-corrected chi connectivity index (χ2v) is 6.21. The lowest BCUT2D eigenvalue weighted by Gasteiger charge is -2.18. The number of nitrogens with zero attached hydrogens (tertiary/aromatic N) is 1. The van der Waals surface area contributed by atoms with E-state index in [2.05, 4.69) is 29.5 Å². The van der Waals surface area contributed by atoms with Gasteiger partial charge in [-0.1, -0.05) is 12.1 Å². The Morgan fingerprint density at radius 2 is 1.95 bits per heavy atom. The summed E-state index contributed by atoms with van der Waals surface area (Å²) in [6.45, 7) is 6.40. The molecule has 0 bridgehead atoms. The highest BCUT2D eigenvalue weighted by atomic mass is 32.1. The minimum atomic E-state index is 0.295. The van der Waals surface area contributed by atoms with Crippen LogP contribution in [-0.4, -0.2) is 16.1 Å². The molecule has 0 aliphatic carbocycles. The number of aryl methyl sites for hydroxylation is 2. The topological polar surface area (TPSA) is 45.1 Å². The van der Waals surface area contributed by atoms with Crippen LogP contribution in [0.4, 0.5) is 0 Å². The molecular weight excluding hydrogens is 268 g/mol. The van der Waals surface area contributed by atoms with Gasteiger partial charge in [0.05, 0.1) is 6.04 Å². The van der Waals surface area contributed by atoms with E-state index in [1.165, 1.54) is 5.56 Å². The first kappa shape index (κ1) is 15.0. The van der Waals surface area contributed by atoms with Crippen molar-refractivity contribution in [1.82, 2.24) is 10.3 Å². The quantitative estimate of drug-likeness (QED) is 0.850. The van der Waals surface area contributed by atoms with Gasteiger partial charge in [0.15, 0.2) is 0 Å². The van der Waals surface area contributed by atoms with Gasteiger partial charge in [-0.25, -0.2) is 4.98 Å². The summed E-state index contributed by atoms with van der Waals surface area (Å²) in [5.41, 5.74) is 2.35. The second-order valence-electron chi connectivity index (χ2n) is 5.32. The lowest BCUT2D eigenvalue weighted by molar-refractivity contribution is 0.454. The second kappa shape index (κ2) is 6.86. The van der Waals surface area contributed by atoms with Crippen LogP contribution in [0, 0.1) is 6.92 Å². The number of nitrogens with one attached hydrogen (secondary N) is 1. The summed E-state index contributed by atoms with van der Waals surface area (Å²) in [6.07, 6.45) is 2.08. The Bertz CT molecular complexity index is 536. The van der Waals surface area contributed by atoms with Gasteiger partial charge < -0.3 is 10.4 Å². The van der Waals surface area contributed by atoms with E-state index in [0.29, 0.717) is 17.8 Å². The summed E-state index contributed by atoms with van der Waals surface area (Å²) in [5, 5.41) is 16.1. The molecule has 20 heavy (non-hydrogen) atoms. The van der Waals surface area contributed by atoms with Crippen LogP contribution in [0.2, 0.25) is 0 Å². The number of thiazole rings is 1. The largest absolute Gasteiger partial charge is 0.508 e. The molecule has 2 rings (SSSR count). The zero-order valence-electron chi connectivity index (χ0n) is 12.3. The number of hydrogen-bond acceptors (Lipinski definition) is 4. The summed E-state index contributed by atoms with van der Waals surface area (Å²) in [4.78, 5) is 4.52. The number of aromatic nitrogens is 1. The van der Waals surface area contributed by atoms with E-state index in [1.807, 2.05) is 19.1 Å². The monoisotopic (exact) mass is 290 g/mol. The van der Waals surface area contributed by atoms with Gasteiger partial charge in [0.1, 0.15) is 10.8 Å². The number of benzene rings is 1. The highest BCUT2D eigenvalue weighted by Crippen LogP contribution is 2.19. The smallest absolute Gasteiger partial charge is 0.115 e. The van der Waals surface area contributed by atoms with Gasteiger partial charge in [-0.3, -0.25) is 0 Å². The van der Waals surface area contributed by atoms with Crippen LogP contribution in [0.1, 0.15) is 42.6 Å². The summed E-state index contributed by atoms with van der Waals surface area (Å²) in [7, 11) is 0. The molecule has 2 atom stereocenters. The molecule has 1 aromatic heterocycles. The van der Waals surface area contributed by atoms with Crippen molar-refractivity contribution in [2.24, 2.45) is 0 Å². The Kier molecular flexibility index (Phi) is 5.15. The summed E-state index contributed by atoms with van der Waals surface area (Å²) >= 11 is 1.71. The third kappa shape index (κ3) is 4.32. The third-order valence-electron chi connectivity index (χ3n) is 3.34. The van der Waals surface area contributed by atoms with E-state index >= 15 is 0 Å². The number of phenolic OH excluding ortho intramolecular Hbond substituents is 1. The van der Waals surface area contributed by atoms with Gasteiger partial charge in [0.25, 0.3) is 0 Å². The lowest BCUT2D eigenvalue weighted by Crippen LogP contribution is -2.29. The molecule has 108 valence electrons. The Balaban J connectivity index is 1.80. The molecule has 0 fully saturated rings. The van der Waals surface area contributed by atoms with E-state index < -0.39 is 0 Å². The van der Waals surface area contributed by atoms with Crippen LogP contribution in [0.15, 0.2) is 29.6 Å². The lowest BCUT2D eigenvalue weighted by atomic mass is 10.1. The molecule has 2 unspecified atom stereocenters.